The molecule has 0 aromatic carbocycles. The summed E-state index contributed by atoms with van der Waals surface area (Å²) in [6.07, 6.45) is 1.49. The molecule has 0 atom stereocenters. The second-order valence-electron chi connectivity index (χ2n) is 3.94. The molecule has 0 spiro atoms. The van der Waals surface area contributed by atoms with Crippen LogP contribution < -0.4 is 0 Å². The van der Waals surface area contributed by atoms with Crippen LogP contribution in [0.1, 0.15) is 21.9 Å². The molecule has 2 aromatic heterocycles. The summed E-state index contributed by atoms with van der Waals surface area (Å²) in [4.78, 5) is 15.4. The fourth-order valence-corrected chi connectivity index (χ4v) is 2.90. The first-order chi connectivity index (χ1) is 8.99. The highest BCUT2D eigenvalue weighted by atomic mass is 35.5. The molecule has 0 aliphatic rings. The van der Waals surface area contributed by atoms with Crippen LogP contribution in [-0.4, -0.2) is 25.8 Å². The minimum Gasteiger partial charge on any atom is -0.477 e. The lowest BCUT2D eigenvalue weighted by Crippen LogP contribution is -2.00. The van der Waals surface area contributed by atoms with Crippen LogP contribution >= 0.6 is 23.4 Å². The number of pyridine rings is 1. The van der Waals surface area contributed by atoms with Crippen molar-refractivity contribution < 1.29 is 9.90 Å². The van der Waals surface area contributed by atoms with Gasteiger partial charge >= 0.3 is 5.97 Å². The van der Waals surface area contributed by atoms with Crippen LogP contribution in [0.25, 0.3) is 0 Å². The Balaban J connectivity index is 2.14. The van der Waals surface area contributed by atoms with Gasteiger partial charge in [0.1, 0.15) is 5.69 Å². The fourth-order valence-electron chi connectivity index (χ4n) is 1.61. The van der Waals surface area contributed by atoms with Gasteiger partial charge in [-0.2, -0.15) is 5.10 Å². The Morgan fingerprint density at radius 3 is 2.89 bits per heavy atom. The minimum atomic E-state index is -1.03. The zero-order chi connectivity index (χ0) is 14.0. The zero-order valence-corrected chi connectivity index (χ0v) is 12.0. The number of carboxylic acids is 1. The normalized spacial score (nSPS) is 10.7. The molecule has 100 valence electrons. The van der Waals surface area contributed by atoms with Crippen LogP contribution in [0, 0.1) is 6.92 Å². The Kier molecular flexibility index (Phi) is 4.11. The zero-order valence-electron chi connectivity index (χ0n) is 10.4. The highest BCUT2D eigenvalue weighted by molar-refractivity contribution is 7.98. The molecule has 2 rings (SSSR count). The SMILES string of the molecule is Cc1nn(C)c(CSc2ccnc(C(=O)O)c2)c1Cl. The van der Waals surface area contributed by atoms with E-state index in [1.165, 1.54) is 18.0 Å². The molecule has 5 nitrogen and oxygen atoms in total. The van der Waals surface area contributed by atoms with Gasteiger partial charge in [-0.25, -0.2) is 9.78 Å². The maximum Gasteiger partial charge on any atom is 0.354 e. The molecule has 0 radical (unpaired) electrons. The molecule has 0 unspecified atom stereocenters. The molecule has 1 N–H and O–H groups in total. The van der Waals surface area contributed by atoms with Gasteiger partial charge in [-0.05, 0) is 19.1 Å². The van der Waals surface area contributed by atoms with Crippen LogP contribution in [0.2, 0.25) is 5.02 Å². The Hall–Kier alpha value is -1.53. The first-order valence-corrected chi connectivity index (χ1v) is 6.85. The number of carboxylic acid groups (broad SMARTS) is 1. The minimum absolute atomic E-state index is 0.0392. The largest absolute Gasteiger partial charge is 0.477 e. The van der Waals surface area contributed by atoms with Gasteiger partial charge in [0, 0.05) is 23.9 Å². The van der Waals surface area contributed by atoms with E-state index >= 15 is 0 Å². The Labute approximate surface area is 119 Å². The molecule has 7 heteroatoms. The molecule has 0 saturated heterocycles. The second kappa shape index (κ2) is 5.63. The molecular weight excluding hydrogens is 286 g/mol. The number of hydrogen-bond acceptors (Lipinski definition) is 4. The van der Waals surface area contributed by atoms with Gasteiger partial charge in [0.2, 0.25) is 0 Å². The number of nitrogens with zero attached hydrogens (tertiary/aromatic N) is 3. The summed E-state index contributed by atoms with van der Waals surface area (Å²) in [6.45, 7) is 1.85. The molecule has 2 heterocycles. The third kappa shape index (κ3) is 3.08. The molecule has 0 bridgehead atoms. The summed E-state index contributed by atoms with van der Waals surface area (Å²) < 4.78 is 1.74. The highest BCUT2D eigenvalue weighted by Gasteiger charge is 2.12. The van der Waals surface area contributed by atoms with E-state index in [1.54, 1.807) is 16.8 Å². The molecule has 2 aromatic rings. The van der Waals surface area contributed by atoms with Crippen molar-refractivity contribution in [2.24, 2.45) is 7.05 Å². The maximum absolute atomic E-state index is 10.8. The lowest BCUT2D eigenvalue weighted by atomic mass is 10.3. The van der Waals surface area contributed by atoms with Gasteiger partial charge < -0.3 is 5.11 Å². The number of thioether (sulfide) groups is 1. The topological polar surface area (TPSA) is 68.0 Å². The van der Waals surface area contributed by atoms with Crippen molar-refractivity contribution in [2.45, 2.75) is 17.6 Å². The van der Waals surface area contributed by atoms with Gasteiger partial charge in [0.05, 0.1) is 16.4 Å². The summed E-state index contributed by atoms with van der Waals surface area (Å²) in [5.74, 6) is -0.406. The number of halogens is 1. The molecular formula is C12H12ClN3O2S. The summed E-state index contributed by atoms with van der Waals surface area (Å²) >= 11 is 7.66. The predicted octanol–water partition coefficient (Wildman–Crippen LogP) is 2.77. The van der Waals surface area contributed by atoms with E-state index in [9.17, 15) is 4.79 Å². The Morgan fingerprint density at radius 2 is 2.32 bits per heavy atom. The van der Waals surface area contributed by atoms with Crippen molar-refractivity contribution in [3.63, 3.8) is 0 Å². The van der Waals surface area contributed by atoms with Crippen molar-refractivity contribution in [2.75, 3.05) is 0 Å². The van der Waals surface area contributed by atoms with Crippen molar-refractivity contribution in [1.82, 2.24) is 14.8 Å². The van der Waals surface area contributed by atoms with E-state index in [0.29, 0.717) is 10.8 Å². The van der Waals surface area contributed by atoms with E-state index < -0.39 is 5.97 Å². The quantitative estimate of drug-likeness (QED) is 0.879. The third-order valence-electron chi connectivity index (χ3n) is 2.59. The van der Waals surface area contributed by atoms with Gasteiger partial charge in [-0.15, -0.1) is 11.8 Å². The van der Waals surface area contributed by atoms with Crippen LogP contribution in [0.4, 0.5) is 0 Å². The van der Waals surface area contributed by atoms with Gasteiger partial charge in [0.25, 0.3) is 0 Å². The average molecular weight is 298 g/mol. The van der Waals surface area contributed by atoms with E-state index in [2.05, 4.69) is 10.1 Å². The summed E-state index contributed by atoms with van der Waals surface area (Å²) in [7, 11) is 1.84. The standard InChI is InChI=1S/C12H12ClN3O2S/c1-7-11(13)10(16(2)15-7)6-19-8-3-4-14-9(5-8)12(17)18/h3-5H,6H2,1-2H3,(H,17,18). The molecule has 0 fully saturated rings. The van der Waals surface area contributed by atoms with Crippen molar-refractivity contribution in [3.8, 4) is 0 Å². The van der Waals surface area contributed by atoms with Crippen molar-refractivity contribution in [1.29, 1.82) is 0 Å². The molecule has 19 heavy (non-hydrogen) atoms. The fraction of sp³-hybridized carbons (Fsp3) is 0.250. The van der Waals surface area contributed by atoms with Gasteiger partial charge in [0.15, 0.2) is 0 Å². The average Bonchev–Trinajstić information content (AvgIpc) is 2.61. The highest BCUT2D eigenvalue weighted by Crippen LogP contribution is 2.28. The third-order valence-corrected chi connectivity index (χ3v) is 4.08. The van der Waals surface area contributed by atoms with E-state index in [1.807, 2.05) is 14.0 Å². The Bertz CT molecular complexity index is 627. The Morgan fingerprint density at radius 1 is 1.58 bits per heavy atom. The lowest BCUT2D eigenvalue weighted by Gasteiger charge is -2.04. The smallest absolute Gasteiger partial charge is 0.354 e. The van der Waals surface area contributed by atoms with Gasteiger partial charge in [-0.3, -0.25) is 4.68 Å². The van der Waals surface area contributed by atoms with Gasteiger partial charge in [-0.1, -0.05) is 11.6 Å². The molecule has 0 saturated carbocycles. The molecule has 0 aliphatic heterocycles. The summed E-state index contributed by atoms with van der Waals surface area (Å²) in [5, 5.41) is 13.8. The van der Waals surface area contributed by atoms with Crippen LogP contribution in [0.5, 0.6) is 0 Å². The van der Waals surface area contributed by atoms with E-state index in [-0.39, 0.29) is 5.69 Å². The van der Waals surface area contributed by atoms with Crippen molar-refractivity contribution >= 4 is 29.3 Å². The van der Waals surface area contributed by atoms with E-state index in [4.69, 9.17) is 16.7 Å². The second-order valence-corrected chi connectivity index (χ2v) is 5.37. The van der Waals surface area contributed by atoms with Crippen LogP contribution in [-0.2, 0) is 12.8 Å². The van der Waals surface area contributed by atoms with Crippen LogP contribution in [0.3, 0.4) is 0 Å². The van der Waals surface area contributed by atoms with Crippen LogP contribution in [0.15, 0.2) is 23.2 Å². The number of aromatic carboxylic acids is 1. The maximum atomic E-state index is 10.8. The summed E-state index contributed by atoms with van der Waals surface area (Å²) in [5.41, 5.74) is 1.75. The number of carbonyl (C=O) groups is 1. The predicted molar refractivity (Wildman–Crippen MR) is 73.7 cm³/mol. The van der Waals surface area contributed by atoms with E-state index in [0.717, 1.165) is 16.3 Å². The lowest BCUT2D eigenvalue weighted by molar-refractivity contribution is 0.0690. The number of hydrogen-bond donors (Lipinski definition) is 1. The first kappa shape index (κ1) is 13.9. The van der Waals surface area contributed by atoms with Crippen molar-refractivity contribution in [3.05, 3.63) is 40.4 Å². The number of aromatic nitrogens is 3. The monoisotopic (exact) mass is 297 g/mol. The molecule has 0 amide bonds. The molecule has 0 aliphatic carbocycles. The number of aryl methyl sites for hydroxylation is 2. The summed E-state index contributed by atoms with van der Waals surface area (Å²) in [6, 6.07) is 3.32. The number of rotatable bonds is 4. The first-order valence-electron chi connectivity index (χ1n) is 5.49.